The van der Waals surface area contributed by atoms with Gasteiger partial charge < -0.3 is 15.2 Å². The lowest BCUT2D eigenvalue weighted by molar-refractivity contribution is -0.127. The Balaban J connectivity index is 2.96. The van der Waals surface area contributed by atoms with Crippen molar-refractivity contribution in [2.45, 2.75) is 20.0 Å². The normalized spacial score (nSPS) is 11.8. The zero-order chi connectivity index (χ0) is 14.6. The minimum absolute atomic E-state index is 0.357. The summed E-state index contributed by atoms with van der Waals surface area (Å²) in [6.45, 7) is 3.37. The topological polar surface area (TPSA) is 75.6 Å². The highest BCUT2D eigenvalue weighted by molar-refractivity contribution is 5.87. The number of hydrogen-bond acceptors (Lipinski definition) is 3. The highest BCUT2D eigenvalue weighted by Gasteiger charge is 2.21. The molecule has 2 N–H and O–H groups in total. The van der Waals surface area contributed by atoms with E-state index in [9.17, 15) is 18.4 Å². The summed E-state index contributed by atoms with van der Waals surface area (Å²) in [6.07, 6.45) is -1.10. The zero-order valence-corrected chi connectivity index (χ0v) is 10.4. The van der Waals surface area contributed by atoms with Gasteiger partial charge in [-0.25, -0.2) is 13.6 Å². The molecule has 0 bridgehead atoms. The van der Waals surface area contributed by atoms with Gasteiger partial charge in [0, 0.05) is 6.54 Å². The minimum atomic E-state index is -1.46. The van der Waals surface area contributed by atoms with Gasteiger partial charge in [-0.3, -0.25) is 4.79 Å². The summed E-state index contributed by atoms with van der Waals surface area (Å²) in [5.41, 5.74) is -0.534. The molecule has 1 aromatic rings. The number of hydrogen-bond donors (Lipinski definition) is 2. The van der Waals surface area contributed by atoms with Gasteiger partial charge in [0.25, 0.3) is 5.91 Å². The van der Waals surface area contributed by atoms with E-state index in [1.165, 1.54) is 6.92 Å². The molecule has 104 valence electrons. The SMILES string of the molecule is CCNC(=O)C(C)Oc1c(F)cc(C(=O)O)cc1F. The van der Waals surface area contributed by atoms with E-state index in [0.717, 1.165) is 0 Å². The van der Waals surface area contributed by atoms with Gasteiger partial charge in [0.15, 0.2) is 23.5 Å². The summed E-state index contributed by atoms with van der Waals surface area (Å²) in [7, 11) is 0. The van der Waals surface area contributed by atoms with E-state index in [4.69, 9.17) is 9.84 Å². The lowest BCUT2D eigenvalue weighted by Gasteiger charge is -2.15. The Labute approximate surface area is 108 Å². The molecule has 0 saturated carbocycles. The molecule has 0 aliphatic rings. The first-order chi connectivity index (χ1) is 8.86. The summed E-state index contributed by atoms with van der Waals surface area (Å²) < 4.78 is 31.9. The molecular formula is C12H13F2NO4. The quantitative estimate of drug-likeness (QED) is 0.853. The lowest BCUT2D eigenvalue weighted by Crippen LogP contribution is -2.36. The molecular weight excluding hydrogens is 260 g/mol. The Morgan fingerprint density at radius 1 is 1.37 bits per heavy atom. The number of ether oxygens (including phenoxy) is 1. The maximum absolute atomic E-state index is 13.5. The van der Waals surface area contributed by atoms with Crippen LogP contribution < -0.4 is 10.1 Å². The third kappa shape index (κ3) is 3.64. The average molecular weight is 273 g/mol. The zero-order valence-electron chi connectivity index (χ0n) is 10.4. The molecule has 1 aromatic carbocycles. The van der Waals surface area contributed by atoms with Gasteiger partial charge in [-0.2, -0.15) is 0 Å². The van der Waals surface area contributed by atoms with Gasteiger partial charge in [0.2, 0.25) is 0 Å². The van der Waals surface area contributed by atoms with E-state index in [1.54, 1.807) is 6.92 Å². The van der Waals surface area contributed by atoms with E-state index < -0.39 is 40.9 Å². The van der Waals surface area contributed by atoms with Crippen LogP contribution in [-0.2, 0) is 4.79 Å². The van der Waals surface area contributed by atoms with Crippen molar-refractivity contribution in [2.24, 2.45) is 0 Å². The fraction of sp³-hybridized carbons (Fsp3) is 0.333. The van der Waals surface area contributed by atoms with Crippen LogP contribution in [0.5, 0.6) is 5.75 Å². The maximum Gasteiger partial charge on any atom is 0.335 e. The Bertz CT molecular complexity index is 481. The number of benzene rings is 1. The Hall–Kier alpha value is -2.18. The molecule has 0 fully saturated rings. The number of carboxylic acids is 1. The smallest absolute Gasteiger partial charge is 0.335 e. The van der Waals surface area contributed by atoms with E-state index in [0.29, 0.717) is 18.7 Å². The second kappa shape index (κ2) is 6.12. The molecule has 0 aromatic heterocycles. The summed E-state index contributed by atoms with van der Waals surface area (Å²) >= 11 is 0. The summed E-state index contributed by atoms with van der Waals surface area (Å²) in [5.74, 6) is -5.10. The van der Waals surface area contributed by atoms with Gasteiger partial charge >= 0.3 is 5.97 Å². The van der Waals surface area contributed by atoms with E-state index in [2.05, 4.69) is 5.32 Å². The number of halogens is 2. The second-order valence-corrected chi connectivity index (χ2v) is 3.73. The Morgan fingerprint density at radius 2 is 1.89 bits per heavy atom. The molecule has 1 amide bonds. The minimum Gasteiger partial charge on any atom is -0.478 e. The van der Waals surface area contributed by atoms with Crippen molar-refractivity contribution in [2.75, 3.05) is 6.54 Å². The monoisotopic (exact) mass is 273 g/mol. The number of likely N-dealkylation sites (N-methyl/N-ethyl adjacent to an activating group) is 1. The van der Waals surface area contributed by atoms with Gasteiger partial charge in [-0.05, 0) is 26.0 Å². The van der Waals surface area contributed by atoms with Crippen LogP contribution >= 0.6 is 0 Å². The Kier molecular flexibility index (Phi) is 4.80. The molecule has 1 atom stereocenters. The average Bonchev–Trinajstić information content (AvgIpc) is 2.33. The van der Waals surface area contributed by atoms with Crippen LogP contribution in [-0.4, -0.2) is 29.6 Å². The van der Waals surface area contributed by atoms with Crippen molar-refractivity contribution in [3.63, 3.8) is 0 Å². The third-order valence-electron chi connectivity index (χ3n) is 2.26. The van der Waals surface area contributed by atoms with E-state index in [-0.39, 0.29) is 0 Å². The van der Waals surface area contributed by atoms with Gasteiger partial charge in [0.05, 0.1) is 5.56 Å². The molecule has 1 unspecified atom stereocenters. The second-order valence-electron chi connectivity index (χ2n) is 3.73. The van der Waals surface area contributed by atoms with Crippen molar-refractivity contribution in [3.8, 4) is 5.75 Å². The van der Waals surface area contributed by atoms with Crippen LogP contribution in [0, 0.1) is 11.6 Å². The molecule has 7 heteroatoms. The molecule has 0 spiro atoms. The summed E-state index contributed by atoms with van der Waals surface area (Å²) in [5, 5.41) is 11.1. The highest BCUT2D eigenvalue weighted by atomic mass is 19.1. The first kappa shape index (κ1) is 14.9. The highest BCUT2D eigenvalue weighted by Crippen LogP contribution is 2.24. The van der Waals surface area contributed by atoms with Crippen LogP contribution in [0.15, 0.2) is 12.1 Å². The summed E-state index contributed by atoms with van der Waals surface area (Å²) in [6, 6.07) is 1.26. The van der Waals surface area contributed by atoms with Gasteiger partial charge in [-0.15, -0.1) is 0 Å². The fourth-order valence-corrected chi connectivity index (χ4v) is 1.34. The van der Waals surface area contributed by atoms with Crippen molar-refractivity contribution in [1.29, 1.82) is 0 Å². The molecule has 0 heterocycles. The van der Waals surface area contributed by atoms with Crippen LogP contribution in [0.4, 0.5) is 8.78 Å². The van der Waals surface area contributed by atoms with Crippen molar-refractivity contribution >= 4 is 11.9 Å². The van der Waals surface area contributed by atoms with Crippen molar-refractivity contribution < 1.29 is 28.2 Å². The number of carboxylic acid groups (broad SMARTS) is 1. The van der Waals surface area contributed by atoms with Crippen LogP contribution in [0.25, 0.3) is 0 Å². The van der Waals surface area contributed by atoms with Crippen LogP contribution in [0.2, 0.25) is 0 Å². The van der Waals surface area contributed by atoms with Crippen LogP contribution in [0.3, 0.4) is 0 Å². The predicted octanol–water partition coefficient (Wildman–Crippen LogP) is 1.57. The van der Waals surface area contributed by atoms with E-state index in [1.807, 2.05) is 0 Å². The lowest BCUT2D eigenvalue weighted by atomic mass is 10.2. The first-order valence-corrected chi connectivity index (χ1v) is 5.53. The molecule has 19 heavy (non-hydrogen) atoms. The number of amides is 1. The van der Waals surface area contributed by atoms with E-state index >= 15 is 0 Å². The van der Waals surface area contributed by atoms with Crippen molar-refractivity contribution in [1.82, 2.24) is 5.32 Å². The molecule has 0 saturated heterocycles. The van der Waals surface area contributed by atoms with Gasteiger partial charge in [0.1, 0.15) is 0 Å². The maximum atomic E-state index is 13.5. The van der Waals surface area contributed by atoms with Crippen LogP contribution in [0.1, 0.15) is 24.2 Å². The number of nitrogens with one attached hydrogen (secondary N) is 1. The molecule has 0 aliphatic heterocycles. The first-order valence-electron chi connectivity index (χ1n) is 5.53. The number of carbonyl (C=O) groups excluding carboxylic acids is 1. The molecule has 1 rings (SSSR count). The largest absolute Gasteiger partial charge is 0.478 e. The fourth-order valence-electron chi connectivity index (χ4n) is 1.34. The standard InChI is InChI=1S/C12H13F2NO4/c1-3-15-11(16)6(2)19-10-8(13)4-7(12(17)18)5-9(10)14/h4-6H,3H2,1-2H3,(H,15,16)(H,17,18). The number of carbonyl (C=O) groups is 2. The predicted molar refractivity (Wildman–Crippen MR) is 62.1 cm³/mol. The molecule has 0 radical (unpaired) electrons. The molecule has 5 nitrogen and oxygen atoms in total. The van der Waals surface area contributed by atoms with Gasteiger partial charge in [-0.1, -0.05) is 0 Å². The Morgan fingerprint density at radius 3 is 2.32 bits per heavy atom. The molecule has 0 aliphatic carbocycles. The third-order valence-corrected chi connectivity index (χ3v) is 2.26. The summed E-state index contributed by atoms with van der Waals surface area (Å²) in [4.78, 5) is 22.0. The van der Waals surface area contributed by atoms with Crippen molar-refractivity contribution in [3.05, 3.63) is 29.3 Å². The number of rotatable bonds is 5. The number of aromatic carboxylic acids is 1.